The molecule has 2 aromatic rings. The fraction of sp³-hybridized carbons (Fsp3) is 0.188. The van der Waals surface area contributed by atoms with Gasteiger partial charge in [0.05, 0.1) is 10.6 Å². The maximum Gasteiger partial charge on any atom is 0.255 e. The quantitative estimate of drug-likeness (QED) is 0.868. The number of halogens is 2. The van der Waals surface area contributed by atoms with E-state index in [1.54, 1.807) is 19.0 Å². The van der Waals surface area contributed by atoms with Crippen molar-refractivity contribution in [3.63, 3.8) is 0 Å². The van der Waals surface area contributed by atoms with Crippen LogP contribution in [0.5, 0.6) is 0 Å². The maximum absolute atomic E-state index is 12.1. The molecule has 0 heterocycles. The second kappa shape index (κ2) is 6.96. The number of anilines is 1. The Balaban J connectivity index is 2.16. The summed E-state index contributed by atoms with van der Waals surface area (Å²) >= 11 is 9.45. The lowest BCUT2D eigenvalue weighted by molar-refractivity contribution is 0.0828. The molecule has 0 bridgehead atoms. The summed E-state index contributed by atoms with van der Waals surface area (Å²) in [6, 6.07) is 13.3. The Bertz CT molecular complexity index is 658. The summed E-state index contributed by atoms with van der Waals surface area (Å²) in [5, 5.41) is 3.96. The predicted octanol–water partition coefficient (Wildman–Crippen LogP) is 4.42. The van der Waals surface area contributed by atoms with E-state index in [4.69, 9.17) is 11.6 Å². The Labute approximate surface area is 138 Å². The number of benzene rings is 2. The van der Waals surface area contributed by atoms with E-state index >= 15 is 0 Å². The summed E-state index contributed by atoms with van der Waals surface area (Å²) < 4.78 is 0.871. The second-order valence-corrected chi connectivity index (χ2v) is 6.11. The first-order valence-electron chi connectivity index (χ1n) is 6.47. The van der Waals surface area contributed by atoms with E-state index in [2.05, 4.69) is 21.2 Å². The Kier molecular flexibility index (Phi) is 5.26. The van der Waals surface area contributed by atoms with E-state index in [9.17, 15) is 4.79 Å². The van der Waals surface area contributed by atoms with Gasteiger partial charge in [-0.25, -0.2) is 0 Å². The molecule has 0 saturated heterocycles. The van der Waals surface area contributed by atoms with Crippen molar-refractivity contribution < 1.29 is 4.79 Å². The van der Waals surface area contributed by atoms with Gasteiger partial charge in [0, 0.05) is 30.8 Å². The minimum atomic E-state index is -0.0214. The largest absolute Gasteiger partial charge is 0.380 e. The molecule has 0 spiro atoms. The Morgan fingerprint density at radius 2 is 1.95 bits per heavy atom. The van der Waals surface area contributed by atoms with Crippen molar-refractivity contribution in [2.75, 3.05) is 19.4 Å². The molecule has 1 amide bonds. The molecular formula is C16H16BrClN2O. The number of carbonyl (C=O) groups excluding carboxylic acids is 1. The van der Waals surface area contributed by atoms with E-state index in [0.29, 0.717) is 17.1 Å². The van der Waals surface area contributed by atoms with Crippen LogP contribution in [0.1, 0.15) is 15.9 Å². The summed E-state index contributed by atoms with van der Waals surface area (Å²) in [5.41, 5.74) is 2.52. The molecule has 110 valence electrons. The van der Waals surface area contributed by atoms with E-state index in [-0.39, 0.29) is 5.91 Å². The van der Waals surface area contributed by atoms with Crippen molar-refractivity contribution >= 4 is 39.1 Å². The smallest absolute Gasteiger partial charge is 0.255 e. The molecule has 3 nitrogen and oxygen atoms in total. The number of rotatable bonds is 4. The van der Waals surface area contributed by atoms with Gasteiger partial charge in [-0.2, -0.15) is 0 Å². The summed E-state index contributed by atoms with van der Waals surface area (Å²) in [7, 11) is 3.49. The van der Waals surface area contributed by atoms with Gasteiger partial charge in [-0.15, -0.1) is 0 Å². The van der Waals surface area contributed by atoms with Crippen LogP contribution in [-0.4, -0.2) is 24.9 Å². The molecule has 0 unspecified atom stereocenters. The standard InChI is InChI=1S/C16H16BrClN2O/c1-20(2)16(21)12-5-3-4-6-15(12)19-10-11-7-8-13(17)14(18)9-11/h3-9,19H,10H2,1-2H3. The summed E-state index contributed by atoms with van der Waals surface area (Å²) in [4.78, 5) is 13.7. The van der Waals surface area contributed by atoms with Gasteiger partial charge in [0.15, 0.2) is 0 Å². The predicted molar refractivity (Wildman–Crippen MR) is 90.9 cm³/mol. The highest BCUT2D eigenvalue weighted by Gasteiger charge is 2.12. The molecule has 0 atom stereocenters. The zero-order chi connectivity index (χ0) is 15.4. The third-order valence-corrected chi connectivity index (χ3v) is 4.26. The fourth-order valence-corrected chi connectivity index (χ4v) is 2.36. The highest BCUT2D eigenvalue weighted by molar-refractivity contribution is 9.10. The van der Waals surface area contributed by atoms with E-state index in [1.807, 2.05) is 42.5 Å². The van der Waals surface area contributed by atoms with Crippen LogP contribution >= 0.6 is 27.5 Å². The maximum atomic E-state index is 12.1. The molecule has 0 fully saturated rings. The number of nitrogens with one attached hydrogen (secondary N) is 1. The number of hydrogen-bond donors (Lipinski definition) is 1. The SMILES string of the molecule is CN(C)C(=O)c1ccccc1NCc1ccc(Br)c(Cl)c1. The van der Waals surface area contributed by atoms with E-state index in [1.165, 1.54) is 0 Å². The average Bonchev–Trinajstić information content (AvgIpc) is 2.48. The van der Waals surface area contributed by atoms with Gasteiger partial charge in [-0.1, -0.05) is 29.8 Å². The first kappa shape index (κ1) is 15.9. The fourth-order valence-electron chi connectivity index (χ4n) is 1.91. The van der Waals surface area contributed by atoms with Gasteiger partial charge in [0.1, 0.15) is 0 Å². The lowest BCUT2D eigenvalue weighted by atomic mass is 10.1. The average molecular weight is 368 g/mol. The van der Waals surface area contributed by atoms with Crippen LogP contribution in [0, 0.1) is 0 Å². The van der Waals surface area contributed by atoms with Gasteiger partial charge in [0.25, 0.3) is 5.91 Å². The van der Waals surface area contributed by atoms with Crippen LogP contribution in [0.4, 0.5) is 5.69 Å². The minimum absolute atomic E-state index is 0.0214. The molecule has 0 radical (unpaired) electrons. The van der Waals surface area contributed by atoms with Crippen molar-refractivity contribution in [2.24, 2.45) is 0 Å². The van der Waals surface area contributed by atoms with E-state index in [0.717, 1.165) is 15.7 Å². The lowest BCUT2D eigenvalue weighted by Gasteiger charge is -2.15. The summed E-state index contributed by atoms with van der Waals surface area (Å²) in [5.74, 6) is -0.0214. The number of para-hydroxylation sites is 1. The molecule has 0 aromatic heterocycles. The third-order valence-electron chi connectivity index (χ3n) is 3.03. The zero-order valence-corrected chi connectivity index (χ0v) is 14.2. The van der Waals surface area contributed by atoms with Crippen molar-refractivity contribution in [1.29, 1.82) is 0 Å². The monoisotopic (exact) mass is 366 g/mol. The Morgan fingerprint density at radius 1 is 1.24 bits per heavy atom. The normalized spacial score (nSPS) is 10.3. The third kappa shape index (κ3) is 3.99. The van der Waals surface area contributed by atoms with Crippen LogP contribution < -0.4 is 5.32 Å². The second-order valence-electron chi connectivity index (χ2n) is 4.85. The Hall–Kier alpha value is -1.52. The molecule has 1 N–H and O–H groups in total. The molecule has 0 aliphatic rings. The molecule has 0 aliphatic heterocycles. The first-order valence-corrected chi connectivity index (χ1v) is 7.64. The molecule has 0 aliphatic carbocycles. The van der Waals surface area contributed by atoms with Crippen molar-refractivity contribution in [1.82, 2.24) is 4.90 Å². The molecule has 21 heavy (non-hydrogen) atoms. The van der Waals surface area contributed by atoms with Crippen molar-refractivity contribution in [3.05, 3.63) is 63.1 Å². The highest BCUT2D eigenvalue weighted by Crippen LogP contribution is 2.24. The topological polar surface area (TPSA) is 32.3 Å². The van der Waals surface area contributed by atoms with Gasteiger partial charge >= 0.3 is 0 Å². The van der Waals surface area contributed by atoms with Gasteiger partial charge < -0.3 is 10.2 Å². The van der Waals surface area contributed by atoms with Crippen LogP contribution in [0.2, 0.25) is 5.02 Å². The number of carbonyl (C=O) groups is 1. The van der Waals surface area contributed by atoms with Crippen LogP contribution in [0.3, 0.4) is 0 Å². The van der Waals surface area contributed by atoms with Gasteiger partial charge in [-0.3, -0.25) is 4.79 Å². The zero-order valence-electron chi connectivity index (χ0n) is 11.9. The Morgan fingerprint density at radius 3 is 2.62 bits per heavy atom. The summed E-state index contributed by atoms with van der Waals surface area (Å²) in [6.45, 7) is 0.602. The number of hydrogen-bond acceptors (Lipinski definition) is 2. The van der Waals surface area contributed by atoms with Crippen molar-refractivity contribution in [2.45, 2.75) is 6.54 Å². The first-order chi connectivity index (χ1) is 9.99. The van der Waals surface area contributed by atoms with Gasteiger partial charge in [0.2, 0.25) is 0 Å². The van der Waals surface area contributed by atoms with Gasteiger partial charge in [-0.05, 0) is 45.8 Å². The lowest BCUT2D eigenvalue weighted by Crippen LogP contribution is -2.22. The molecule has 2 rings (SSSR count). The minimum Gasteiger partial charge on any atom is -0.380 e. The highest BCUT2D eigenvalue weighted by atomic mass is 79.9. The molecule has 2 aromatic carbocycles. The van der Waals surface area contributed by atoms with Crippen molar-refractivity contribution in [3.8, 4) is 0 Å². The number of amides is 1. The van der Waals surface area contributed by atoms with Crippen LogP contribution in [-0.2, 0) is 6.54 Å². The number of nitrogens with zero attached hydrogens (tertiary/aromatic N) is 1. The molecule has 5 heteroatoms. The van der Waals surface area contributed by atoms with E-state index < -0.39 is 0 Å². The molecular weight excluding hydrogens is 352 g/mol. The van der Waals surface area contributed by atoms with Crippen LogP contribution in [0.25, 0.3) is 0 Å². The summed E-state index contributed by atoms with van der Waals surface area (Å²) in [6.07, 6.45) is 0. The van der Waals surface area contributed by atoms with Crippen LogP contribution in [0.15, 0.2) is 46.9 Å². The molecule has 0 saturated carbocycles.